The molecule has 1 aliphatic rings. The van der Waals surface area contributed by atoms with Crippen LogP contribution >= 0.6 is 11.6 Å². The average molecular weight is 320 g/mol. The number of hydrogen-bond acceptors (Lipinski definition) is 5. The van der Waals surface area contributed by atoms with Crippen LogP contribution in [0.1, 0.15) is 18.4 Å². The standard InChI is InChI=1S/C16H18ClN3O2/c1-22-14-10-18-15(19-11-14)20-8-6-16(21,7-9-20)12-2-4-13(17)5-3-12/h2-5,10-11,21H,6-9H2,1H3. The molecule has 0 atom stereocenters. The monoisotopic (exact) mass is 319 g/mol. The second-order valence-corrected chi connectivity index (χ2v) is 5.88. The van der Waals surface area contributed by atoms with Crippen LogP contribution in [-0.2, 0) is 5.60 Å². The van der Waals surface area contributed by atoms with Crippen molar-refractivity contribution in [3.05, 3.63) is 47.2 Å². The van der Waals surface area contributed by atoms with Crippen molar-refractivity contribution in [2.24, 2.45) is 0 Å². The van der Waals surface area contributed by atoms with E-state index in [1.165, 1.54) is 0 Å². The van der Waals surface area contributed by atoms with Crippen LogP contribution < -0.4 is 9.64 Å². The summed E-state index contributed by atoms with van der Waals surface area (Å²) in [5.74, 6) is 1.30. The Bertz CT molecular complexity index is 623. The maximum Gasteiger partial charge on any atom is 0.225 e. The molecule has 5 nitrogen and oxygen atoms in total. The van der Waals surface area contributed by atoms with Crippen LogP contribution in [0.2, 0.25) is 5.02 Å². The van der Waals surface area contributed by atoms with Gasteiger partial charge in [0.05, 0.1) is 25.1 Å². The lowest BCUT2D eigenvalue weighted by Gasteiger charge is -2.38. The van der Waals surface area contributed by atoms with E-state index in [-0.39, 0.29) is 0 Å². The summed E-state index contributed by atoms with van der Waals surface area (Å²) in [4.78, 5) is 10.7. The topological polar surface area (TPSA) is 58.5 Å². The molecule has 1 N–H and O–H groups in total. The molecule has 0 bridgehead atoms. The molecule has 3 rings (SSSR count). The first-order valence-electron chi connectivity index (χ1n) is 7.20. The predicted molar refractivity (Wildman–Crippen MR) is 85.4 cm³/mol. The van der Waals surface area contributed by atoms with Crippen LogP contribution in [0.15, 0.2) is 36.7 Å². The molecule has 0 radical (unpaired) electrons. The first kappa shape index (κ1) is 15.1. The second kappa shape index (κ2) is 6.10. The smallest absolute Gasteiger partial charge is 0.225 e. The van der Waals surface area contributed by atoms with Crippen molar-refractivity contribution in [1.82, 2.24) is 9.97 Å². The van der Waals surface area contributed by atoms with Gasteiger partial charge in [-0.1, -0.05) is 23.7 Å². The SMILES string of the molecule is COc1cnc(N2CCC(O)(c3ccc(Cl)cc3)CC2)nc1. The Morgan fingerprint density at radius 2 is 1.73 bits per heavy atom. The van der Waals surface area contributed by atoms with Crippen LogP contribution in [0.3, 0.4) is 0 Å². The van der Waals surface area contributed by atoms with E-state index in [1.54, 1.807) is 19.5 Å². The number of aliphatic hydroxyl groups is 1. The zero-order valence-electron chi connectivity index (χ0n) is 12.4. The summed E-state index contributed by atoms with van der Waals surface area (Å²) in [7, 11) is 1.59. The number of halogens is 1. The molecule has 1 saturated heterocycles. The van der Waals surface area contributed by atoms with Crippen molar-refractivity contribution < 1.29 is 9.84 Å². The summed E-state index contributed by atoms with van der Waals surface area (Å²) < 4.78 is 5.06. The van der Waals surface area contributed by atoms with Gasteiger partial charge in [0.25, 0.3) is 0 Å². The van der Waals surface area contributed by atoms with Crippen LogP contribution in [0.4, 0.5) is 5.95 Å². The number of benzene rings is 1. The number of aromatic nitrogens is 2. The summed E-state index contributed by atoms with van der Waals surface area (Å²) in [5, 5.41) is 11.5. The van der Waals surface area contributed by atoms with Crippen molar-refractivity contribution in [3.8, 4) is 5.75 Å². The first-order valence-corrected chi connectivity index (χ1v) is 7.58. The first-order chi connectivity index (χ1) is 10.6. The van der Waals surface area contributed by atoms with E-state index < -0.39 is 5.60 Å². The summed E-state index contributed by atoms with van der Waals surface area (Å²) in [6.07, 6.45) is 4.57. The summed E-state index contributed by atoms with van der Waals surface area (Å²) in [5.41, 5.74) is 0.0975. The van der Waals surface area contributed by atoms with Gasteiger partial charge in [-0.2, -0.15) is 0 Å². The minimum absolute atomic E-state index is 0.629. The molecular formula is C16H18ClN3O2. The molecule has 0 aliphatic carbocycles. The number of nitrogens with zero attached hydrogens (tertiary/aromatic N) is 3. The van der Waals surface area contributed by atoms with Gasteiger partial charge in [-0.15, -0.1) is 0 Å². The highest BCUT2D eigenvalue weighted by Gasteiger charge is 2.34. The normalized spacial score (nSPS) is 17.3. The number of hydrogen-bond donors (Lipinski definition) is 1. The fraction of sp³-hybridized carbons (Fsp3) is 0.375. The zero-order chi connectivity index (χ0) is 15.6. The number of methoxy groups -OCH3 is 1. The molecule has 2 heterocycles. The molecule has 116 valence electrons. The van der Waals surface area contributed by atoms with Gasteiger partial charge in [0, 0.05) is 18.1 Å². The van der Waals surface area contributed by atoms with E-state index in [4.69, 9.17) is 16.3 Å². The van der Waals surface area contributed by atoms with Crippen LogP contribution in [0, 0.1) is 0 Å². The van der Waals surface area contributed by atoms with Crippen molar-refractivity contribution in [1.29, 1.82) is 0 Å². The highest BCUT2D eigenvalue weighted by molar-refractivity contribution is 6.30. The molecule has 0 unspecified atom stereocenters. The van der Waals surface area contributed by atoms with E-state index in [0.717, 1.165) is 5.56 Å². The third-order valence-corrected chi connectivity index (χ3v) is 4.36. The predicted octanol–water partition coefficient (Wildman–Crippen LogP) is 2.63. The average Bonchev–Trinajstić information content (AvgIpc) is 2.56. The third kappa shape index (κ3) is 3.00. The van der Waals surface area contributed by atoms with Crippen molar-refractivity contribution in [2.75, 3.05) is 25.1 Å². The number of anilines is 1. The molecule has 6 heteroatoms. The molecule has 1 fully saturated rings. The minimum atomic E-state index is -0.812. The quantitative estimate of drug-likeness (QED) is 0.942. The van der Waals surface area contributed by atoms with Crippen molar-refractivity contribution in [2.45, 2.75) is 18.4 Å². The fourth-order valence-electron chi connectivity index (χ4n) is 2.70. The van der Waals surface area contributed by atoms with Gasteiger partial charge in [0.2, 0.25) is 5.95 Å². The lowest BCUT2D eigenvalue weighted by atomic mass is 9.84. The summed E-state index contributed by atoms with van der Waals surface area (Å²) >= 11 is 5.91. The second-order valence-electron chi connectivity index (χ2n) is 5.45. The largest absolute Gasteiger partial charge is 0.494 e. The Morgan fingerprint density at radius 3 is 2.27 bits per heavy atom. The van der Waals surface area contributed by atoms with Gasteiger partial charge in [-0.3, -0.25) is 0 Å². The van der Waals surface area contributed by atoms with Crippen LogP contribution in [-0.4, -0.2) is 35.3 Å². The lowest BCUT2D eigenvalue weighted by Crippen LogP contribution is -2.43. The van der Waals surface area contributed by atoms with Gasteiger partial charge < -0.3 is 14.7 Å². The Morgan fingerprint density at radius 1 is 1.14 bits per heavy atom. The van der Waals surface area contributed by atoms with Gasteiger partial charge in [0.1, 0.15) is 0 Å². The molecule has 0 spiro atoms. The summed E-state index contributed by atoms with van der Waals surface area (Å²) in [6, 6.07) is 7.41. The van der Waals surface area contributed by atoms with Crippen molar-refractivity contribution >= 4 is 17.5 Å². The molecule has 2 aromatic rings. The maximum atomic E-state index is 10.8. The van der Waals surface area contributed by atoms with E-state index in [9.17, 15) is 5.11 Å². The molecule has 0 saturated carbocycles. The van der Waals surface area contributed by atoms with E-state index in [2.05, 4.69) is 14.9 Å². The molecule has 22 heavy (non-hydrogen) atoms. The highest BCUT2D eigenvalue weighted by atomic mass is 35.5. The summed E-state index contributed by atoms with van der Waals surface area (Å²) in [6.45, 7) is 1.40. The van der Waals surface area contributed by atoms with Gasteiger partial charge in [-0.05, 0) is 30.5 Å². The van der Waals surface area contributed by atoms with E-state index in [1.807, 2.05) is 24.3 Å². The van der Waals surface area contributed by atoms with E-state index in [0.29, 0.717) is 42.7 Å². The third-order valence-electron chi connectivity index (χ3n) is 4.11. The van der Waals surface area contributed by atoms with Gasteiger partial charge in [-0.25, -0.2) is 9.97 Å². The Balaban J connectivity index is 1.69. The number of piperidine rings is 1. The minimum Gasteiger partial charge on any atom is -0.494 e. The number of rotatable bonds is 3. The number of ether oxygens (including phenoxy) is 1. The molecule has 1 aromatic heterocycles. The Kier molecular flexibility index (Phi) is 4.18. The maximum absolute atomic E-state index is 10.8. The highest BCUT2D eigenvalue weighted by Crippen LogP contribution is 2.34. The Hall–Kier alpha value is -1.85. The molecule has 0 amide bonds. The Labute approximate surface area is 134 Å². The van der Waals surface area contributed by atoms with Gasteiger partial charge >= 0.3 is 0 Å². The van der Waals surface area contributed by atoms with Gasteiger partial charge in [0.15, 0.2) is 5.75 Å². The zero-order valence-corrected chi connectivity index (χ0v) is 13.1. The van der Waals surface area contributed by atoms with E-state index >= 15 is 0 Å². The fourth-order valence-corrected chi connectivity index (χ4v) is 2.83. The van der Waals surface area contributed by atoms with Crippen molar-refractivity contribution in [3.63, 3.8) is 0 Å². The van der Waals surface area contributed by atoms with Crippen LogP contribution in [0.25, 0.3) is 0 Å². The molecule has 1 aromatic carbocycles. The molecular weight excluding hydrogens is 302 g/mol. The lowest BCUT2D eigenvalue weighted by molar-refractivity contribution is 0.0115. The van der Waals surface area contributed by atoms with Crippen LogP contribution in [0.5, 0.6) is 5.75 Å². The molecule has 1 aliphatic heterocycles.